The fourth-order valence-corrected chi connectivity index (χ4v) is 1.79. The van der Waals surface area contributed by atoms with Crippen LogP contribution in [0.25, 0.3) is 16.8 Å². The van der Waals surface area contributed by atoms with Crippen LogP contribution < -0.4 is 5.56 Å². The molecule has 15 heavy (non-hydrogen) atoms. The molecule has 0 unspecified atom stereocenters. The SMILES string of the molecule is C/C=C\c1c(C)ccc2c(=O)[nH]ccc12. The molecule has 0 fully saturated rings. The molecule has 1 aromatic carbocycles. The largest absolute Gasteiger partial charge is 0.329 e. The second-order valence-corrected chi connectivity index (χ2v) is 3.56. The summed E-state index contributed by atoms with van der Waals surface area (Å²) in [5.41, 5.74) is 2.28. The van der Waals surface area contributed by atoms with Gasteiger partial charge in [-0.1, -0.05) is 18.2 Å². The van der Waals surface area contributed by atoms with Crippen LogP contribution >= 0.6 is 0 Å². The molecule has 2 aromatic rings. The summed E-state index contributed by atoms with van der Waals surface area (Å²) in [7, 11) is 0. The van der Waals surface area contributed by atoms with Crippen LogP contribution in [0.1, 0.15) is 18.1 Å². The quantitative estimate of drug-likeness (QED) is 0.752. The molecule has 1 heterocycles. The molecular weight excluding hydrogens is 186 g/mol. The van der Waals surface area contributed by atoms with Gasteiger partial charge in [0.15, 0.2) is 0 Å². The van der Waals surface area contributed by atoms with Crippen molar-refractivity contribution >= 4 is 16.8 Å². The van der Waals surface area contributed by atoms with Crippen LogP contribution in [0, 0.1) is 6.92 Å². The highest BCUT2D eigenvalue weighted by Crippen LogP contribution is 2.20. The van der Waals surface area contributed by atoms with Crippen molar-refractivity contribution in [3.05, 3.63) is 52.0 Å². The van der Waals surface area contributed by atoms with Crippen LogP contribution in [0.4, 0.5) is 0 Å². The van der Waals surface area contributed by atoms with Crippen LogP contribution in [-0.4, -0.2) is 4.98 Å². The van der Waals surface area contributed by atoms with E-state index in [1.165, 1.54) is 5.56 Å². The van der Waals surface area contributed by atoms with Gasteiger partial charge in [0.05, 0.1) is 0 Å². The molecule has 0 aliphatic rings. The Balaban J connectivity index is 2.94. The standard InChI is InChI=1S/C13H13NO/c1-3-4-10-9(2)5-6-12-11(10)7-8-14-13(12)15/h3-8H,1-2H3,(H,14,15)/b4-3-. The van der Waals surface area contributed by atoms with E-state index in [0.717, 1.165) is 16.3 Å². The first-order valence-electron chi connectivity index (χ1n) is 4.97. The smallest absolute Gasteiger partial charge is 0.255 e. The highest BCUT2D eigenvalue weighted by molar-refractivity contribution is 5.91. The molecule has 0 aliphatic heterocycles. The molecule has 1 N–H and O–H groups in total. The number of rotatable bonds is 1. The van der Waals surface area contributed by atoms with Gasteiger partial charge in [-0.05, 0) is 42.5 Å². The van der Waals surface area contributed by atoms with Gasteiger partial charge in [0, 0.05) is 11.6 Å². The predicted octanol–water partition coefficient (Wildman–Crippen LogP) is 2.87. The van der Waals surface area contributed by atoms with Gasteiger partial charge >= 0.3 is 0 Å². The lowest BCUT2D eigenvalue weighted by atomic mass is 10.0. The number of fused-ring (bicyclic) bond motifs is 1. The fourth-order valence-electron chi connectivity index (χ4n) is 1.79. The normalized spacial score (nSPS) is 11.3. The summed E-state index contributed by atoms with van der Waals surface area (Å²) in [5.74, 6) is 0. The maximum atomic E-state index is 11.6. The third-order valence-electron chi connectivity index (χ3n) is 2.55. The van der Waals surface area contributed by atoms with Crippen LogP contribution in [0.3, 0.4) is 0 Å². The Morgan fingerprint density at radius 1 is 1.20 bits per heavy atom. The third kappa shape index (κ3) is 1.59. The van der Waals surface area contributed by atoms with Crippen molar-refractivity contribution in [3.63, 3.8) is 0 Å². The van der Waals surface area contributed by atoms with Crippen molar-refractivity contribution in [2.24, 2.45) is 0 Å². The average molecular weight is 199 g/mol. The summed E-state index contributed by atoms with van der Waals surface area (Å²) in [6, 6.07) is 5.79. The minimum Gasteiger partial charge on any atom is -0.329 e. The Morgan fingerprint density at radius 2 is 2.00 bits per heavy atom. The van der Waals surface area contributed by atoms with Crippen molar-refractivity contribution in [3.8, 4) is 0 Å². The van der Waals surface area contributed by atoms with E-state index >= 15 is 0 Å². The molecule has 0 atom stereocenters. The number of allylic oxidation sites excluding steroid dienone is 1. The summed E-state index contributed by atoms with van der Waals surface area (Å²) in [6.45, 7) is 4.03. The molecule has 0 spiro atoms. The molecular formula is C13H13NO. The van der Waals surface area contributed by atoms with Crippen LogP contribution in [0.5, 0.6) is 0 Å². The minimum atomic E-state index is -0.0294. The summed E-state index contributed by atoms with van der Waals surface area (Å²) in [4.78, 5) is 14.3. The number of aromatic amines is 1. The van der Waals surface area contributed by atoms with E-state index in [4.69, 9.17) is 0 Å². The molecule has 1 aromatic heterocycles. The van der Waals surface area contributed by atoms with Gasteiger partial charge in [0.1, 0.15) is 0 Å². The lowest BCUT2D eigenvalue weighted by Gasteiger charge is -2.05. The summed E-state index contributed by atoms with van der Waals surface area (Å²) >= 11 is 0. The van der Waals surface area contributed by atoms with Gasteiger partial charge in [0.25, 0.3) is 5.56 Å². The molecule has 2 heteroatoms. The monoisotopic (exact) mass is 199 g/mol. The average Bonchev–Trinajstić information content (AvgIpc) is 2.23. The first-order valence-corrected chi connectivity index (χ1v) is 4.97. The zero-order chi connectivity index (χ0) is 10.8. The van der Waals surface area contributed by atoms with Crippen LogP contribution in [0.15, 0.2) is 35.3 Å². The second-order valence-electron chi connectivity index (χ2n) is 3.56. The Bertz CT molecular complexity index is 579. The molecule has 0 radical (unpaired) electrons. The molecule has 0 saturated carbocycles. The first kappa shape index (κ1) is 9.71. The summed E-state index contributed by atoms with van der Waals surface area (Å²) in [5, 5.41) is 1.76. The van der Waals surface area contributed by atoms with Gasteiger partial charge in [-0.2, -0.15) is 0 Å². The van der Waals surface area contributed by atoms with Crippen molar-refractivity contribution in [1.82, 2.24) is 4.98 Å². The number of benzene rings is 1. The van der Waals surface area contributed by atoms with Gasteiger partial charge in [-0.25, -0.2) is 0 Å². The number of aromatic nitrogens is 1. The van der Waals surface area contributed by atoms with Gasteiger partial charge in [-0.3, -0.25) is 4.79 Å². The zero-order valence-electron chi connectivity index (χ0n) is 8.87. The second kappa shape index (κ2) is 3.73. The van der Waals surface area contributed by atoms with Crippen molar-refractivity contribution in [2.45, 2.75) is 13.8 Å². The minimum absolute atomic E-state index is 0.0294. The number of H-pyrrole nitrogens is 1. The summed E-state index contributed by atoms with van der Waals surface area (Å²) < 4.78 is 0. The predicted molar refractivity (Wildman–Crippen MR) is 64.0 cm³/mol. The number of hydrogen-bond donors (Lipinski definition) is 1. The van der Waals surface area contributed by atoms with E-state index < -0.39 is 0 Å². The van der Waals surface area contributed by atoms with Crippen LogP contribution in [-0.2, 0) is 0 Å². The maximum absolute atomic E-state index is 11.6. The fraction of sp³-hybridized carbons (Fsp3) is 0.154. The molecule has 76 valence electrons. The lowest BCUT2D eigenvalue weighted by molar-refractivity contribution is 1.27. The van der Waals surface area contributed by atoms with Crippen LogP contribution in [0.2, 0.25) is 0 Å². The van der Waals surface area contributed by atoms with E-state index in [2.05, 4.69) is 11.9 Å². The highest BCUT2D eigenvalue weighted by Gasteiger charge is 2.03. The van der Waals surface area contributed by atoms with Crippen molar-refractivity contribution in [2.75, 3.05) is 0 Å². The first-order chi connectivity index (χ1) is 7.24. The van der Waals surface area contributed by atoms with Gasteiger partial charge in [0.2, 0.25) is 0 Å². The lowest BCUT2D eigenvalue weighted by Crippen LogP contribution is -2.05. The molecule has 2 rings (SSSR count). The van der Waals surface area contributed by atoms with E-state index in [-0.39, 0.29) is 5.56 Å². The molecule has 0 amide bonds. The zero-order valence-corrected chi connectivity index (χ0v) is 8.87. The number of hydrogen-bond acceptors (Lipinski definition) is 1. The van der Waals surface area contributed by atoms with E-state index in [0.29, 0.717) is 0 Å². The highest BCUT2D eigenvalue weighted by atomic mass is 16.1. The Hall–Kier alpha value is -1.83. The van der Waals surface area contributed by atoms with E-state index in [1.807, 2.05) is 37.3 Å². The topological polar surface area (TPSA) is 32.9 Å². The summed E-state index contributed by atoms with van der Waals surface area (Å²) in [6.07, 6.45) is 5.72. The molecule has 0 saturated heterocycles. The van der Waals surface area contributed by atoms with Crippen molar-refractivity contribution in [1.29, 1.82) is 0 Å². The molecule has 0 aliphatic carbocycles. The Morgan fingerprint density at radius 3 is 2.73 bits per heavy atom. The molecule has 2 nitrogen and oxygen atoms in total. The van der Waals surface area contributed by atoms with Crippen molar-refractivity contribution < 1.29 is 0 Å². The third-order valence-corrected chi connectivity index (χ3v) is 2.55. The Kier molecular flexibility index (Phi) is 2.42. The number of pyridine rings is 1. The van der Waals surface area contributed by atoms with Gasteiger partial charge < -0.3 is 4.98 Å². The maximum Gasteiger partial charge on any atom is 0.255 e. The number of aryl methyl sites for hydroxylation is 1. The number of nitrogens with one attached hydrogen (secondary N) is 1. The van der Waals surface area contributed by atoms with E-state index in [9.17, 15) is 4.79 Å². The molecule has 0 bridgehead atoms. The van der Waals surface area contributed by atoms with Gasteiger partial charge in [-0.15, -0.1) is 0 Å². The Labute approximate surface area is 88.3 Å². The van der Waals surface area contributed by atoms with E-state index in [1.54, 1.807) is 6.20 Å².